The van der Waals surface area contributed by atoms with E-state index in [9.17, 15) is 0 Å². The van der Waals surface area contributed by atoms with Crippen LogP contribution in [-0.4, -0.2) is 40.3 Å². The molecule has 0 aromatic carbocycles. The second kappa shape index (κ2) is 6.34. The Hall–Kier alpha value is -0.870. The van der Waals surface area contributed by atoms with Crippen molar-refractivity contribution in [1.29, 1.82) is 0 Å². The van der Waals surface area contributed by atoms with E-state index in [1.165, 1.54) is 25.1 Å². The van der Waals surface area contributed by atoms with E-state index in [1.54, 1.807) is 0 Å². The third kappa shape index (κ3) is 3.12. The number of imidazole rings is 1. The van der Waals surface area contributed by atoms with E-state index in [-0.39, 0.29) is 0 Å². The Morgan fingerprint density at radius 2 is 2.33 bits per heavy atom. The highest BCUT2D eigenvalue weighted by Gasteiger charge is 2.25. The lowest BCUT2D eigenvalue weighted by Crippen LogP contribution is -2.33. The van der Waals surface area contributed by atoms with Crippen LogP contribution in [0.4, 0.5) is 0 Å². The minimum Gasteiger partial charge on any atom is -0.380 e. The largest absolute Gasteiger partial charge is 0.380 e. The molecule has 0 aliphatic carbocycles. The molecule has 0 N–H and O–H groups in total. The van der Waals surface area contributed by atoms with Gasteiger partial charge in [0.05, 0.1) is 18.6 Å². The molecule has 2 rings (SSSR count). The average Bonchev–Trinajstić information content (AvgIpc) is 2.96. The van der Waals surface area contributed by atoms with Gasteiger partial charge < -0.3 is 9.30 Å². The smallest absolute Gasteiger partial charge is 0.0951 e. The number of aromatic nitrogens is 2. The van der Waals surface area contributed by atoms with Crippen molar-refractivity contribution in [3.63, 3.8) is 0 Å². The van der Waals surface area contributed by atoms with E-state index in [0.29, 0.717) is 12.1 Å². The SMILES string of the molecule is CCOC[C@H]1CCCN1Cc1cncn1C(C)C. The summed E-state index contributed by atoms with van der Waals surface area (Å²) in [6.07, 6.45) is 6.48. The molecule has 0 saturated carbocycles. The predicted molar refractivity (Wildman–Crippen MR) is 72.5 cm³/mol. The van der Waals surface area contributed by atoms with Crippen molar-refractivity contribution in [2.24, 2.45) is 0 Å². The zero-order chi connectivity index (χ0) is 13.0. The number of ether oxygens (including phenoxy) is 1. The van der Waals surface area contributed by atoms with E-state index >= 15 is 0 Å². The summed E-state index contributed by atoms with van der Waals surface area (Å²) < 4.78 is 7.84. The summed E-state index contributed by atoms with van der Waals surface area (Å²) in [5, 5.41) is 0. The van der Waals surface area contributed by atoms with Gasteiger partial charge in [-0.3, -0.25) is 4.90 Å². The monoisotopic (exact) mass is 251 g/mol. The van der Waals surface area contributed by atoms with Crippen molar-refractivity contribution in [2.45, 2.75) is 52.2 Å². The molecule has 0 spiro atoms. The van der Waals surface area contributed by atoms with Crippen LogP contribution < -0.4 is 0 Å². The molecule has 18 heavy (non-hydrogen) atoms. The molecular weight excluding hydrogens is 226 g/mol. The Bertz CT molecular complexity index is 362. The highest BCUT2D eigenvalue weighted by atomic mass is 16.5. The first kappa shape index (κ1) is 13.6. The molecule has 0 amide bonds. The fraction of sp³-hybridized carbons (Fsp3) is 0.786. The van der Waals surface area contributed by atoms with Gasteiger partial charge in [-0.25, -0.2) is 4.98 Å². The molecule has 1 aliphatic heterocycles. The summed E-state index contributed by atoms with van der Waals surface area (Å²) in [7, 11) is 0. The van der Waals surface area contributed by atoms with E-state index in [2.05, 4.69) is 35.2 Å². The number of nitrogens with zero attached hydrogens (tertiary/aromatic N) is 3. The zero-order valence-electron chi connectivity index (χ0n) is 11.8. The molecule has 4 heteroatoms. The molecule has 0 unspecified atom stereocenters. The molecule has 0 radical (unpaired) electrons. The van der Waals surface area contributed by atoms with Crippen molar-refractivity contribution < 1.29 is 4.74 Å². The fourth-order valence-electron chi connectivity index (χ4n) is 2.67. The van der Waals surface area contributed by atoms with Crippen LogP contribution in [0.3, 0.4) is 0 Å². The van der Waals surface area contributed by atoms with Gasteiger partial charge in [0, 0.05) is 31.4 Å². The summed E-state index contributed by atoms with van der Waals surface area (Å²) in [5.74, 6) is 0. The van der Waals surface area contributed by atoms with Crippen LogP contribution in [0, 0.1) is 0 Å². The lowest BCUT2D eigenvalue weighted by atomic mass is 10.2. The number of rotatable bonds is 6. The van der Waals surface area contributed by atoms with Crippen molar-refractivity contribution in [1.82, 2.24) is 14.5 Å². The van der Waals surface area contributed by atoms with Crippen LogP contribution in [-0.2, 0) is 11.3 Å². The normalized spacial score (nSPS) is 21.0. The average molecular weight is 251 g/mol. The number of hydrogen-bond acceptors (Lipinski definition) is 3. The second-order valence-corrected chi connectivity index (χ2v) is 5.31. The van der Waals surface area contributed by atoms with Crippen LogP contribution in [0.5, 0.6) is 0 Å². The lowest BCUT2D eigenvalue weighted by Gasteiger charge is -2.25. The van der Waals surface area contributed by atoms with Gasteiger partial charge in [-0.1, -0.05) is 0 Å². The van der Waals surface area contributed by atoms with Crippen LogP contribution in [0.15, 0.2) is 12.5 Å². The number of likely N-dealkylation sites (tertiary alicyclic amines) is 1. The van der Waals surface area contributed by atoms with Crippen LogP contribution in [0.1, 0.15) is 45.3 Å². The minimum atomic E-state index is 0.482. The Balaban J connectivity index is 1.97. The summed E-state index contributed by atoms with van der Waals surface area (Å²) in [6.45, 7) is 10.3. The Kier molecular flexibility index (Phi) is 4.78. The van der Waals surface area contributed by atoms with E-state index in [1.807, 2.05) is 12.5 Å². The highest BCUT2D eigenvalue weighted by molar-refractivity contribution is 5.01. The Morgan fingerprint density at radius 3 is 3.06 bits per heavy atom. The summed E-state index contributed by atoms with van der Waals surface area (Å²) in [6, 6.07) is 1.07. The molecule has 1 aliphatic rings. The van der Waals surface area contributed by atoms with Gasteiger partial charge >= 0.3 is 0 Å². The van der Waals surface area contributed by atoms with Gasteiger partial charge in [0.2, 0.25) is 0 Å². The molecular formula is C14H25N3O. The van der Waals surface area contributed by atoms with Crippen LogP contribution in [0.2, 0.25) is 0 Å². The maximum Gasteiger partial charge on any atom is 0.0951 e. The Morgan fingerprint density at radius 1 is 1.50 bits per heavy atom. The van der Waals surface area contributed by atoms with Crippen LogP contribution >= 0.6 is 0 Å². The van der Waals surface area contributed by atoms with Gasteiger partial charge in [0.1, 0.15) is 0 Å². The fourth-order valence-corrected chi connectivity index (χ4v) is 2.67. The maximum atomic E-state index is 5.58. The van der Waals surface area contributed by atoms with Gasteiger partial charge in [0.25, 0.3) is 0 Å². The minimum absolute atomic E-state index is 0.482. The van der Waals surface area contributed by atoms with Gasteiger partial charge in [0.15, 0.2) is 0 Å². The van der Waals surface area contributed by atoms with Crippen molar-refractivity contribution >= 4 is 0 Å². The first-order valence-corrected chi connectivity index (χ1v) is 7.04. The molecule has 0 bridgehead atoms. The van der Waals surface area contributed by atoms with E-state index < -0.39 is 0 Å². The lowest BCUT2D eigenvalue weighted by molar-refractivity contribution is 0.0813. The van der Waals surface area contributed by atoms with Gasteiger partial charge in [-0.05, 0) is 40.2 Å². The zero-order valence-corrected chi connectivity index (χ0v) is 11.8. The van der Waals surface area contributed by atoms with Gasteiger partial charge in [-0.2, -0.15) is 0 Å². The van der Waals surface area contributed by atoms with E-state index in [0.717, 1.165) is 19.8 Å². The Labute approximate surface area is 110 Å². The molecule has 1 aromatic heterocycles. The molecule has 102 valence electrons. The number of hydrogen-bond donors (Lipinski definition) is 0. The third-order valence-electron chi connectivity index (χ3n) is 3.68. The quantitative estimate of drug-likeness (QED) is 0.778. The first-order valence-electron chi connectivity index (χ1n) is 7.04. The predicted octanol–water partition coefficient (Wildman–Crippen LogP) is 2.46. The summed E-state index contributed by atoms with van der Waals surface area (Å²) >= 11 is 0. The third-order valence-corrected chi connectivity index (χ3v) is 3.68. The topological polar surface area (TPSA) is 30.3 Å². The van der Waals surface area contributed by atoms with Crippen molar-refractivity contribution in [3.05, 3.63) is 18.2 Å². The van der Waals surface area contributed by atoms with Crippen molar-refractivity contribution in [2.75, 3.05) is 19.8 Å². The van der Waals surface area contributed by atoms with Gasteiger partial charge in [-0.15, -0.1) is 0 Å². The molecule has 2 heterocycles. The first-order chi connectivity index (χ1) is 8.72. The second-order valence-electron chi connectivity index (χ2n) is 5.31. The summed E-state index contributed by atoms with van der Waals surface area (Å²) in [5.41, 5.74) is 1.31. The molecule has 1 atom stereocenters. The van der Waals surface area contributed by atoms with E-state index in [4.69, 9.17) is 4.74 Å². The highest BCUT2D eigenvalue weighted by Crippen LogP contribution is 2.21. The maximum absolute atomic E-state index is 5.58. The standard InChI is InChI=1S/C14H25N3O/c1-4-18-10-13-6-5-7-16(13)9-14-8-15-11-17(14)12(2)3/h8,11-13H,4-7,9-10H2,1-3H3/t13-/m1/s1. The molecule has 4 nitrogen and oxygen atoms in total. The molecule has 1 saturated heterocycles. The molecule has 1 aromatic rings. The van der Waals surface area contributed by atoms with Crippen molar-refractivity contribution in [3.8, 4) is 0 Å². The van der Waals surface area contributed by atoms with Crippen LogP contribution in [0.25, 0.3) is 0 Å². The molecule has 1 fully saturated rings. The summed E-state index contributed by atoms with van der Waals surface area (Å²) in [4.78, 5) is 6.81.